The second-order valence-electron chi connectivity index (χ2n) is 6.74. The second kappa shape index (κ2) is 3.94. The van der Waals surface area contributed by atoms with Crippen molar-refractivity contribution in [1.82, 2.24) is 0 Å². The molecule has 2 amide bonds. The lowest BCUT2D eigenvalue weighted by molar-refractivity contribution is -0.123. The molecule has 4 atom stereocenters. The zero-order valence-corrected chi connectivity index (χ0v) is 11.9. The molecule has 4 rings (SSSR count). The molecule has 0 radical (unpaired) electrons. The summed E-state index contributed by atoms with van der Waals surface area (Å²) in [5.74, 6) is 0.966. The van der Waals surface area contributed by atoms with Gasteiger partial charge in [0.05, 0.1) is 17.5 Å². The van der Waals surface area contributed by atoms with Gasteiger partial charge in [-0.05, 0) is 68.2 Å². The lowest BCUT2D eigenvalue weighted by Gasteiger charge is -2.19. The molecule has 0 unspecified atom stereocenters. The van der Waals surface area contributed by atoms with Gasteiger partial charge in [-0.25, -0.2) is 0 Å². The third kappa shape index (κ3) is 1.46. The summed E-state index contributed by atoms with van der Waals surface area (Å²) in [5, 5.41) is 0. The molecule has 1 heterocycles. The monoisotopic (exact) mass is 269 g/mol. The van der Waals surface area contributed by atoms with Crippen molar-refractivity contribution in [3.05, 3.63) is 29.3 Å². The Labute approximate surface area is 119 Å². The average Bonchev–Trinajstić information content (AvgIpc) is 3.02. The molecule has 1 aliphatic heterocycles. The van der Waals surface area contributed by atoms with E-state index < -0.39 is 0 Å². The highest BCUT2D eigenvalue weighted by atomic mass is 16.2. The van der Waals surface area contributed by atoms with Crippen molar-refractivity contribution in [3.63, 3.8) is 0 Å². The maximum Gasteiger partial charge on any atom is 0.237 e. The number of amides is 2. The summed E-state index contributed by atoms with van der Waals surface area (Å²) in [6.07, 6.45) is 3.35. The van der Waals surface area contributed by atoms with E-state index >= 15 is 0 Å². The molecule has 20 heavy (non-hydrogen) atoms. The Kier molecular flexibility index (Phi) is 2.39. The van der Waals surface area contributed by atoms with Gasteiger partial charge in [0.1, 0.15) is 0 Å². The van der Waals surface area contributed by atoms with Gasteiger partial charge in [0.2, 0.25) is 11.8 Å². The molecule has 0 aromatic heterocycles. The summed E-state index contributed by atoms with van der Waals surface area (Å²) in [4.78, 5) is 26.9. The van der Waals surface area contributed by atoms with Gasteiger partial charge in [-0.15, -0.1) is 0 Å². The highest BCUT2D eigenvalue weighted by Crippen LogP contribution is 2.56. The Hall–Kier alpha value is -1.64. The van der Waals surface area contributed by atoms with Crippen molar-refractivity contribution in [2.24, 2.45) is 23.7 Å². The van der Waals surface area contributed by atoms with Crippen molar-refractivity contribution in [2.45, 2.75) is 33.1 Å². The number of fused-ring (bicyclic) bond motifs is 5. The predicted octanol–water partition coefficient (Wildman–Crippen LogP) is 2.84. The van der Waals surface area contributed by atoms with Gasteiger partial charge in [-0.3, -0.25) is 14.5 Å². The molecule has 2 aliphatic carbocycles. The van der Waals surface area contributed by atoms with Crippen LogP contribution in [0, 0.1) is 37.5 Å². The fourth-order valence-electron chi connectivity index (χ4n) is 4.74. The highest BCUT2D eigenvalue weighted by Gasteiger charge is 2.61. The summed E-state index contributed by atoms with van der Waals surface area (Å²) in [5.41, 5.74) is 2.97. The minimum atomic E-state index is -0.0259. The van der Waals surface area contributed by atoms with E-state index in [1.807, 2.05) is 26.0 Å². The number of anilines is 1. The number of imide groups is 1. The SMILES string of the molecule is Cc1cc(C)cc(N2C(=O)[C@H]3[C@@H]4CC[C@@H](C4)[C@@H]3C2=O)c1. The van der Waals surface area contributed by atoms with Crippen molar-refractivity contribution in [2.75, 3.05) is 4.90 Å². The summed E-state index contributed by atoms with van der Waals surface area (Å²) in [6.45, 7) is 4.01. The van der Waals surface area contributed by atoms with Gasteiger partial charge in [0.15, 0.2) is 0 Å². The second-order valence-corrected chi connectivity index (χ2v) is 6.74. The third-order valence-electron chi connectivity index (χ3n) is 5.39. The van der Waals surface area contributed by atoms with E-state index in [0.29, 0.717) is 11.8 Å². The van der Waals surface area contributed by atoms with Crippen molar-refractivity contribution < 1.29 is 9.59 Å². The minimum absolute atomic E-state index is 0.0259. The Balaban J connectivity index is 1.76. The van der Waals surface area contributed by atoms with E-state index in [2.05, 4.69) is 6.07 Å². The third-order valence-corrected chi connectivity index (χ3v) is 5.39. The highest BCUT2D eigenvalue weighted by molar-refractivity contribution is 6.22. The van der Waals surface area contributed by atoms with Crippen LogP contribution in [0.4, 0.5) is 5.69 Å². The van der Waals surface area contributed by atoms with Crippen LogP contribution in [0.2, 0.25) is 0 Å². The number of rotatable bonds is 1. The van der Waals surface area contributed by atoms with Crippen LogP contribution in [-0.4, -0.2) is 11.8 Å². The van der Waals surface area contributed by atoms with Gasteiger partial charge >= 0.3 is 0 Å². The molecule has 3 nitrogen and oxygen atoms in total. The zero-order chi connectivity index (χ0) is 14.0. The molecular weight excluding hydrogens is 250 g/mol. The van der Waals surface area contributed by atoms with E-state index in [4.69, 9.17) is 0 Å². The van der Waals surface area contributed by atoms with Crippen LogP contribution in [-0.2, 0) is 9.59 Å². The van der Waals surface area contributed by atoms with E-state index in [1.165, 1.54) is 4.90 Å². The molecule has 1 aromatic carbocycles. The Bertz CT molecular complexity index is 573. The van der Waals surface area contributed by atoms with E-state index in [9.17, 15) is 9.59 Å². The first-order valence-corrected chi connectivity index (χ1v) is 7.52. The van der Waals surface area contributed by atoms with Gasteiger partial charge in [0.25, 0.3) is 0 Å². The molecule has 3 heteroatoms. The predicted molar refractivity (Wildman–Crippen MR) is 76.2 cm³/mol. The molecular formula is C17H19NO2. The number of carbonyl (C=O) groups excluding carboxylic acids is 2. The number of carbonyl (C=O) groups is 2. The van der Waals surface area contributed by atoms with Crippen molar-refractivity contribution in [3.8, 4) is 0 Å². The van der Waals surface area contributed by atoms with Crippen LogP contribution in [0.1, 0.15) is 30.4 Å². The Morgan fingerprint density at radius 1 is 0.900 bits per heavy atom. The molecule has 104 valence electrons. The first kappa shape index (κ1) is 12.1. The normalized spacial score (nSPS) is 35.0. The van der Waals surface area contributed by atoms with Crippen LogP contribution in [0.25, 0.3) is 0 Å². The standard InChI is InChI=1S/C17H19NO2/c1-9-5-10(2)7-13(6-9)18-16(19)14-11-3-4-12(8-11)15(14)17(18)20/h5-7,11-12,14-15H,3-4,8H2,1-2H3/t11-,12+,14-,15-/m0/s1. The lowest BCUT2D eigenvalue weighted by Crippen LogP contribution is -2.32. The maximum absolute atomic E-state index is 12.7. The molecule has 1 saturated heterocycles. The van der Waals surface area contributed by atoms with Gasteiger partial charge < -0.3 is 0 Å². The first-order valence-electron chi connectivity index (χ1n) is 7.52. The molecule has 3 aliphatic rings. The fraction of sp³-hybridized carbons (Fsp3) is 0.529. The molecule has 0 spiro atoms. The first-order chi connectivity index (χ1) is 9.56. The number of hydrogen-bond acceptors (Lipinski definition) is 2. The van der Waals surface area contributed by atoms with Crippen LogP contribution < -0.4 is 4.90 Å². The van der Waals surface area contributed by atoms with E-state index in [1.54, 1.807) is 0 Å². The number of hydrogen-bond donors (Lipinski definition) is 0. The van der Waals surface area contributed by atoms with Crippen LogP contribution in [0.15, 0.2) is 18.2 Å². The van der Waals surface area contributed by atoms with E-state index in [0.717, 1.165) is 36.1 Å². The van der Waals surface area contributed by atoms with Gasteiger partial charge in [0, 0.05) is 0 Å². The maximum atomic E-state index is 12.7. The summed E-state index contributed by atoms with van der Waals surface area (Å²) >= 11 is 0. The van der Waals surface area contributed by atoms with Crippen LogP contribution >= 0.6 is 0 Å². The number of nitrogens with zero attached hydrogens (tertiary/aromatic N) is 1. The van der Waals surface area contributed by atoms with Gasteiger partial charge in [-0.2, -0.15) is 0 Å². The summed E-state index contributed by atoms with van der Waals surface area (Å²) in [6, 6.07) is 5.97. The van der Waals surface area contributed by atoms with Gasteiger partial charge in [-0.1, -0.05) is 6.07 Å². The average molecular weight is 269 g/mol. The van der Waals surface area contributed by atoms with Crippen molar-refractivity contribution in [1.29, 1.82) is 0 Å². The van der Waals surface area contributed by atoms with E-state index in [-0.39, 0.29) is 23.7 Å². The molecule has 2 bridgehead atoms. The number of aryl methyl sites for hydroxylation is 2. The molecule has 2 saturated carbocycles. The smallest absolute Gasteiger partial charge is 0.237 e. The Morgan fingerprint density at radius 2 is 1.40 bits per heavy atom. The van der Waals surface area contributed by atoms with Crippen LogP contribution in [0.5, 0.6) is 0 Å². The van der Waals surface area contributed by atoms with Crippen molar-refractivity contribution >= 4 is 17.5 Å². The topological polar surface area (TPSA) is 37.4 Å². The number of benzene rings is 1. The molecule has 1 aromatic rings. The lowest BCUT2D eigenvalue weighted by atomic mass is 9.81. The quantitative estimate of drug-likeness (QED) is 0.735. The zero-order valence-electron chi connectivity index (χ0n) is 11.9. The Morgan fingerprint density at radius 3 is 1.90 bits per heavy atom. The fourth-order valence-corrected chi connectivity index (χ4v) is 4.74. The summed E-state index contributed by atoms with van der Waals surface area (Å²) < 4.78 is 0. The molecule has 3 fully saturated rings. The molecule has 0 N–H and O–H groups in total. The van der Waals surface area contributed by atoms with Crippen LogP contribution in [0.3, 0.4) is 0 Å². The largest absolute Gasteiger partial charge is 0.274 e. The summed E-state index contributed by atoms with van der Waals surface area (Å²) in [7, 11) is 0. The minimum Gasteiger partial charge on any atom is -0.274 e.